The summed E-state index contributed by atoms with van der Waals surface area (Å²) in [5.74, 6) is -0.600. The topological polar surface area (TPSA) is 83.9 Å². The van der Waals surface area contributed by atoms with Crippen LogP contribution in [-0.2, 0) is 32.5 Å². The van der Waals surface area contributed by atoms with Crippen molar-refractivity contribution in [2.75, 3.05) is 19.6 Å². The molecule has 1 aliphatic heterocycles. The molecule has 3 aromatic carbocycles. The van der Waals surface area contributed by atoms with Gasteiger partial charge in [-0.2, -0.15) is 21.6 Å². The summed E-state index contributed by atoms with van der Waals surface area (Å²) in [6.45, 7) is 2.65. The first-order valence-electron chi connectivity index (χ1n) is 13.1. The molecule has 4 rings (SSSR count). The summed E-state index contributed by atoms with van der Waals surface area (Å²) in [5, 5.41) is 0.496. The number of halogens is 4. The maximum Gasteiger partial charge on any atom is 0.426 e. The number of likely N-dealkylation sites (tertiary alicyclic amines) is 1. The summed E-state index contributed by atoms with van der Waals surface area (Å²) in [7, 11) is -4.02. The first kappa shape index (κ1) is 32.6. The second-order valence-electron chi connectivity index (χ2n) is 10.1. The Bertz CT molecular complexity index is 1350. The van der Waals surface area contributed by atoms with Gasteiger partial charge in [-0.15, -0.1) is 0 Å². The van der Waals surface area contributed by atoms with Gasteiger partial charge in [0.15, 0.2) is 0 Å². The molecule has 0 aromatic heterocycles. The average Bonchev–Trinajstić information content (AvgIpc) is 2.90. The summed E-state index contributed by atoms with van der Waals surface area (Å²) < 4.78 is 75.1. The molecule has 0 spiro atoms. The molecule has 3 aromatic rings. The van der Waals surface area contributed by atoms with Crippen molar-refractivity contribution in [1.82, 2.24) is 4.90 Å². The van der Waals surface area contributed by atoms with Gasteiger partial charge in [-0.1, -0.05) is 71.8 Å². The van der Waals surface area contributed by atoms with Crippen LogP contribution in [0.4, 0.5) is 13.2 Å². The number of hydrogen-bond donors (Lipinski definition) is 1. The van der Waals surface area contributed by atoms with E-state index in [9.17, 15) is 26.4 Å². The minimum atomic E-state index is -4.61. The fourth-order valence-electron chi connectivity index (χ4n) is 4.55. The highest BCUT2D eigenvalue weighted by atomic mass is 35.5. The predicted octanol–water partition coefficient (Wildman–Crippen LogP) is 6.55. The van der Waals surface area contributed by atoms with Crippen LogP contribution in [0.1, 0.15) is 29.5 Å². The molecule has 0 radical (unpaired) electrons. The Kier molecular flexibility index (Phi) is 11.8. The van der Waals surface area contributed by atoms with Gasteiger partial charge in [-0.25, -0.2) is 0 Å². The second-order valence-corrected chi connectivity index (χ2v) is 11.9. The van der Waals surface area contributed by atoms with Crippen molar-refractivity contribution in [3.63, 3.8) is 0 Å². The van der Waals surface area contributed by atoms with Gasteiger partial charge in [-0.05, 0) is 74.0 Å². The minimum absolute atomic E-state index is 0.0666. The second kappa shape index (κ2) is 14.8. The lowest BCUT2D eigenvalue weighted by molar-refractivity contribution is -0.225. The van der Waals surface area contributed by atoms with Crippen LogP contribution < -0.4 is 0 Å². The SMILES string of the molecule is Cc1ccc(S(=O)(=O)O)cc1.O=C(Cc1ccc(Cl)cc1)O[C@@H](CN1CCC[C@H](Cc2ccccc2)C1)C(F)(F)F. The largest absolute Gasteiger partial charge is 0.451 e. The molecule has 1 heterocycles. The zero-order valence-electron chi connectivity index (χ0n) is 22.6. The summed E-state index contributed by atoms with van der Waals surface area (Å²) in [5.41, 5.74) is 2.70. The molecule has 6 nitrogen and oxygen atoms in total. The molecule has 1 aliphatic rings. The molecule has 2 atom stereocenters. The first-order valence-corrected chi connectivity index (χ1v) is 14.9. The lowest BCUT2D eigenvalue weighted by atomic mass is 9.91. The van der Waals surface area contributed by atoms with Crippen LogP contribution in [-0.4, -0.2) is 55.8 Å². The van der Waals surface area contributed by atoms with Gasteiger partial charge in [0.2, 0.25) is 6.10 Å². The highest BCUT2D eigenvalue weighted by molar-refractivity contribution is 7.85. The number of benzene rings is 3. The van der Waals surface area contributed by atoms with Crippen LogP contribution in [0.2, 0.25) is 5.02 Å². The first-order chi connectivity index (χ1) is 19.3. The lowest BCUT2D eigenvalue weighted by Crippen LogP contribution is -2.47. The van der Waals surface area contributed by atoms with E-state index in [0.29, 0.717) is 29.6 Å². The zero-order chi connectivity index (χ0) is 30.0. The van der Waals surface area contributed by atoms with Crippen LogP contribution in [0.3, 0.4) is 0 Å². The fraction of sp³-hybridized carbons (Fsp3) is 0.367. The van der Waals surface area contributed by atoms with Crippen molar-refractivity contribution in [1.29, 1.82) is 0 Å². The van der Waals surface area contributed by atoms with Gasteiger partial charge in [0.1, 0.15) is 0 Å². The van der Waals surface area contributed by atoms with E-state index in [2.05, 4.69) is 0 Å². The lowest BCUT2D eigenvalue weighted by Gasteiger charge is -2.35. The quantitative estimate of drug-likeness (QED) is 0.230. The van der Waals surface area contributed by atoms with Gasteiger partial charge in [0.25, 0.3) is 10.1 Å². The number of esters is 1. The van der Waals surface area contributed by atoms with Crippen LogP contribution in [0.25, 0.3) is 0 Å². The Morgan fingerprint density at radius 1 is 1.02 bits per heavy atom. The van der Waals surface area contributed by atoms with Crippen molar-refractivity contribution in [3.8, 4) is 0 Å². The highest BCUT2D eigenvalue weighted by Crippen LogP contribution is 2.27. The summed E-state index contributed by atoms with van der Waals surface area (Å²) in [6.07, 6.45) is -4.31. The molecule has 222 valence electrons. The molecule has 41 heavy (non-hydrogen) atoms. The molecule has 1 N–H and O–H groups in total. The van der Waals surface area contributed by atoms with E-state index in [1.165, 1.54) is 17.7 Å². The van der Waals surface area contributed by atoms with E-state index >= 15 is 0 Å². The van der Waals surface area contributed by atoms with Crippen molar-refractivity contribution >= 4 is 27.7 Å². The third-order valence-corrected chi connectivity index (χ3v) is 7.73. The molecule has 0 amide bonds. The van der Waals surface area contributed by atoms with Gasteiger partial charge in [-0.3, -0.25) is 14.2 Å². The van der Waals surface area contributed by atoms with E-state index in [-0.39, 0.29) is 17.9 Å². The number of carbonyl (C=O) groups is 1. The third-order valence-electron chi connectivity index (χ3n) is 6.61. The van der Waals surface area contributed by atoms with Crippen molar-refractivity contribution in [3.05, 3.63) is 101 Å². The van der Waals surface area contributed by atoms with Crippen LogP contribution in [0, 0.1) is 12.8 Å². The molecule has 11 heteroatoms. The van der Waals surface area contributed by atoms with E-state index in [0.717, 1.165) is 24.8 Å². The number of carbonyl (C=O) groups excluding carboxylic acids is 1. The van der Waals surface area contributed by atoms with Crippen LogP contribution >= 0.6 is 11.6 Å². The number of piperidine rings is 1. The standard InChI is InChI=1S/C23H25ClF3NO2.C7H8O3S/c24-20-10-8-18(9-11-20)14-22(29)30-21(23(25,26)27)16-28-12-4-7-19(15-28)13-17-5-2-1-3-6-17;1-6-2-4-7(5-3-6)11(8,9)10/h1-3,5-6,8-11,19,21H,4,7,12-16H2;2-5H,1H3,(H,8,9,10)/t19-,21+;/m1./s1. The predicted molar refractivity (Wildman–Crippen MR) is 151 cm³/mol. The highest BCUT2D eigenvalue weighted by Gasteiger charge is 2.44. The summed E-state index contributed by atoms with van der Waals surface area (Å²) >= 11 is 5.79. The number of nitrogens with zero attached hydrogens (tertiary/aromatic N) is 1. The van der Waals surface area contributed by atoms with Crippen LogP contribution in [0.5, 0.6) is 0 Å². The normalized spacial score (nSPS) is 16.8. The van der Waals surface area contributed by atoms with Crippen molar-refractivity contribution < 1.29 is 35.7 Å². The molecule has 1 fully saturated rings. The number of alkyl halides is 3. The number of ether oxygens (including phenoxy) is 1. The Balaban J connectivity index is 0.000000352. The van der Waals surface area contributed by atoms with E-state index in [1.54, 1.807) is 41.3 Å². The monoisotopic (exact) mass is 611 g/mol. The Labute approximate surface area is 243 Å². The zero-order valence-corrected chi connectivity index (χ0v) is 24.1. The van der Waals surface area contributed by atoms with Gasteiger partial charge in [0.05, 0.1) is 11.3 Å². The summed E-state index contributed by atoms with van der Waals surface area (Å²) in [4.78, 5) is 13.8. The van der Waals surface area contributed by atoms with E-state index in [1.807, 2.05) is 37.3 Å². The molecule has 0 aliphatic carbocycles. The smallest absolute Gasteiger partial charge is 0.426 e. The van der Waals surface area contributed by atoms with Crippen molar-refractivity contribution in [2.24, 2.45) is 5.92 Å². The number of aryl methyl sites for hydroxylation is 1. The fourth-order valence-corrected chi connectivity index (χ4v) is 5.16. The Hall–Kier alpha value is -2.92. The molecular weight excluding hydrogens is 579 g/mol. The molecule has 0 saturated carbocycles. The molecule has 0 unspecified atom stereocenters. The average molecular weight is 612 g/mol. The minimum Gasteiger partial charge on any atom is -0.451 e. The number of rotatable bonds is 8. The van der Waals surface area contributed by atoms with Crippen LogP contribution in [0.15, 0.2) is 83.8 Å². The Morgan fingerprint density at radius 3 is 2.24 bits per heavy atom. The molecule has 1 saturated heterocycles. The van der Waals surface area contributed by atoms with E-state index in [4.69, 9.17) is 20.9 Å². The maximum absolute atomic E-state index is 13.5. The number of hydrogen-bond acceptors (Lipinski definition) is 5. The van der Waals surface area contributed by atoms with Gasteiger partial charge < -0.3 is 4.74 Å². The maximum atomic E-state index is 13.5. The van der Waals surface area contributed by atoms with Crippen molar-refractivity contribution in [2.45, 2.75) is 49.8 Å². The molecule has 0 bridgehead atoms. The van der Waals surface area contributed by atoms with E-state index < -0.39 is 28.4 Å². The van der Waals surface area contributed by atoms with Gasteiger partial charge >= 0.3 is 12.1 Å². The summed E-state index contributed by atoms with van der Waals surface area (Å²) in [6, 6.07) is 22.3. The third kappa shape index (κ3) is 11.5. The van der Waals surface area contributed by atoms with Gasteiger partial charge in [0, 0.05) is 18.1 Å². The molecular formula is C30H33ClF3NO5S. The Morgan fingerprint density at radius 2 is 1.66 bits per heavy atom.